The molecule has 0 aromatic carbocycles. The number of rotatable bonds is 3. The third kappa shape index (κ3) is 9.44. The topological polar surface area (TPSA) is 31.5 Å². The van der Waals surface area contributed by atoms with Gasteiger partial charge in [-0.05, 0) is 40.5 Å². The van der Waals surface area contributed by atoms with Crippen molar-refractivity contribution in [1.82, 2.24) is 0 Å². The minimum absolute atomic E-state index is 0. The van der Waals surface area contributed by atoms with Crippen molar-refractivity contribution in [3.8, 4) is 0 Å². The highest BCUT2D eigenvalue weighted by Crippen LogP contribution is 2.05. The van der Waals surface area contributed by atoms with Gasteiger partial charge in [0.1, 0.15) is 0 Å². The van der Waals surface area contributed by atoms with Gasteiger partial charge in [0.05, 0.1) is 0 Å². The molecule has 1 heteroatoms. The predicted molar refractivity (Wildman–Crippen MR) is 51.7 cm³/mol. The minimum Gasteiger partial charge on any atom is -0.412 e. The van der Waals surface area contributed by atoms with Crippen LogP contribution in [0.2, 0.25) is 0 Å². The molecule has 11 heavy (non-hydrogen) atoms. The third-order valence-electron chi connectivity index (χ3n) is 1.58. The summed E-state index contributed by atoms with van der Waals surface area (Å²) < 4.78 is 0. The standard InChI is InChI=1S/C10H18.H2O/c1-5-10(4)8-6-7-9(2)3;/h5,7H,6,8H2,1-4H3;1H2. The maximum Gasteiger partial charge on any atom is -0.0288 e. The van der Waals surface area contributed by atoms with E-state index in [1.54, 1.807) is 0 Å². The molecule has 0 amide bonds. The molecule has 0 aromatic heterocycles. The van der Waals surface area contributed by atoms with Crippen molar-refractivity contribution in [2.75, 3.05) is 0 Å². The molecule has 0 heterocycles. The van der Waals surface area contributed by atoms with Gasteiger partial charge in [0.15, 0.2) is 0 Å². The molecule has 0 aromatic rings. The van der Waals surface area contributed by atoms with Crippen LogP contribution in [-0.2, 0) is 0 Å². The number of allylic oxidation sites excluding steroid dienone is 4. The number of hydrogen-bond acceptors (Lipinski definition) is 0. The monoisotopic (exact) mass is 156 g/mol. The Hall–Kier alpha value is -0.560. The molecular formula is C10H20O. The molecule has 0 saturated heterocycles. The second-order valence-electron chi connectivity index (χ2n) is 2.96. The van der Waals surface area contributed by atoms with Crippen LogP contribution in [0.1, 0.15) is 40.5 Å². The van der Waals surface area contributed by atoms with Crippen LogP contribution < -0.4 is 0 Å². The van der Waals surface area contributed by atoms with Crippen LogP contribution in [0.15, 0.2) is 23.3 Å². The highest BCUT2D eigenvalue weighted by Gasteiger charge is 1.84. The zero-order valence-corrected chi connectivity index (χ0v) is 8.07. The second kappa shape index (κ2) is 7.55. The van der Waals surface area contributed by atoms with E-state index in [2.05, 4.69) is 39.8 Å². The fourth-order valence-corrected chi connectivity index (χ4v) is 0.733. The van der Waals surface area contributed by atoms with Crippen molar-refractivity contribution in [2.45, 2.75) is 40.5 Å². The summed E-state index contributed by atoms with van der Waals surface area (Å²) in [5, 5.41) is 0. The van der Waals surface area contributed by atoms with Crippen molar-refractivity contribution in [3.63, 3.8) is 0 Å². The number of hydrogen-bond donors (Lipinski definition) is 0. The van der Waals surface area contributed by atoms with E-state index < -0.39 is 0 Å². The lowest BCUT2D eigenvalue weighted by Gasteiger charge is -1.95. The van der Waals surface area contributed by atoms with Crippen molar-refractivity contribution in [3.05, 3.63) is 23.3 Å². The van der Waals surface area contributed by atoms with E-state index in [1.807, 2.05) is 0 Å². The molecule has 0 fully saturated rings. The molecular weight excluding hydrogens is 136 g/mol. The quantitative estimate of drug-likeness (QED) is 0.563. The van der Waals surface area contributed by atoms with Gasteiger partial charge in [0.2, 0.25) is 0 Å². The first-order valence-corrected chi connectivity index (χ1v) is 3.92. The average molecular weight is 156 g/mol. The van der Waals surface area contributed by atoms with E-state index in [0.29, 0.717) is 0 Å². The molecule has 0 unspecified atom stereocenters. The summed E-state index contributed by atoms with van der Waals surface area (Å²) in [7, 11) is 0. The average Bonchev–Trinajstić information content (AvgIpc) is 1.87. The van der Waals surface area contributed by atoms with Crippen LogP contribution in [0.3, 0.4) is 0 Å². The van der Waals surface area contributed by atoms with Crippen molar-refractivity contribution in [1.29, 1.82) is 0 Å². The Bertz CT molecular complexity index is 139. The van der Waals surface area contributed by atoms with Gasteiger partial charge in [-0.2, -0.15) is 0 Å². The third-order valence-corrected chi connectivity index (χ3v) is 1.58. The van der Waals surface area contributed by atoms with Gasteiger partial charge >= 0.3 is 0 Å². The highest BCUT2D eigenvalue weighted by molar-refractivity contribution is 5.00. The normalized spacial score (nSPS) is 10.4. The summed E-state index contributed by atoms with van der Waals surface area (Å²) in [4.78, 5) is 0. The van der Waals surface area contributed by atoms with Crippen LogP contribution in [0.5, 0.6) is 0 Å². The van der Waals surface area contributed by atoms with E-state index in [0.717, 1.165) is 0 Å². The first-order chi connectivity index (χ1) is 4.66. The van der Waals surface area contributed by atoms with Gasteiger partial charge in [-0.15, -0.1) is 0 Å². The maximum absolute atomic E-state index is 2.28. The van der Waals surface area contributed by atoms with Crippen LogP contribution in [0, 0.1) is 0 Å². The molecule has 0 aliphatic heterocycles. The van der Waals surface area contributed by atoms with Gasteiger partial charge in [0, 0.05) is 0 Å². The fourth-order valence-electron chi connectivity index (χ4n) is 0.733. The molecule has 2 N–H and O–H groups in total. The summed E-state index contributed by atoms with van der Waals surface area (Å²) in [6.07, 6.45) is 6.87. The molecule has 0 atom stereocenters. The first kappa shape index (κ1) is 13.1. The smallest absolute Gasteiger partial charge is 0.0288 e. The van der Waals surface area contributed by atoms with E-state index in [-0.39, 0.29) is 5.48 Å². The highest BCUT2D eigenvalue weighted by atomic mass is 16.0. The second-order valence-corrected chi connectivity index (χ2v) is 2.96. The Labute approximate surface area is 70.1 Å². The Kier molecular flexibility index (Phi) is 8.96. The lowest BCUT2D eigenvalue weighted by molar-refractivity contribution is 0.824. The fraction of sp³-hybridized carbons (Fsp3) is 0.600. The van der Waals surface area contributed by atoms with Crippen LogP contribution in [-0.4, -0.2) is 5.48 Å². The molecule has 0 aliphatic carbocycles. The molecule has 0 aliphatic rings. The van der Waals surface area contributed by atoms with Gasteiger partial charge in [-0.25, -0.2) is 0 Å². The maximum atomic E-state index is 2.28. The van der Waals surface area contributed by atoms with Crippen LogP contribution in [0.4, 0.5) is 0 Å². The van der Waals surface area contributed by atoms with Crippen LogP contribution >= 0.6 is 0 Å². The van der Waals surface area contributed by atoms with E-state index in [4.69, 9.17) is 0 Å². The summed E-state index contributed by atoms with van der Waals surface area (Å²) in [5.41, 5.74) is 2.90. The summed E-state index contributed by atoms with van der Waals surface area (Å²) in [6.45, 7) is 8.56. The summed E-state index contributed by atoms with van der Waals surface area (Å²) in [6, 6.07) is 0. The Balaban J connectivity index is 0. The van der Waals surface area contributed by atoms with E-state index >= 15 is 0 Å². The molecule has 0 spiro atoms. The van der Waals surface area contributed by atoms with Gasteiger partial charge in [-0.1, -0.05) is 23.3 Å². The SMILES string of the molecule is CC=C(C)CCC=C(C)C.O. The van der Waals surface area contributed by atoms with Crippen molar-refractivity contribution in [2.24, 2.45) is 0 Å². The zero-order chi connectivity index (χ0) is 7.98. The molecule has 0 radical (unpaired) electrons. The Morgan fingerprint density at radius 1 is 1.18 bits per heavy atom. The summed E-state index contributed by atoms with van der Waals surface area (Å²) >= 11 is 0. The van der Waals surface area contributed by atoms with Crippen LogP contribution in [0.25, 0.3) is 0 Å². The van der Waals surface area contributed by atoms with Crippen molar-refractivity contribution >= 4 is 0 Å². The van der Waals surface area contributed by atoms with Gasteiger partial charge in [0.25, 0.3) is 0 Å². The van der Waals surface area contributed by atoms with Gasteiger partial charge in [-0.3, -0.25) is 0 Å². The molecule has 1 nitrogen and oxygen atoms in total. The predicted octanol–water partition coefficient (Wildman–Crippen LogP) is 2.87. The first-order valence-electron chi connectivity index (χ1n) is 3.92. The Morgan fingerprint density at radius 2 is 1.73 bits per heavy atom. The molecule has 66 valence electrons. The molecule has 0 saturated carbocycles. The molecule has 0 rings (SSSR count). The zero-order valence-electron chi connectivity index (χ0n) is 8.07. The van der Waals surface area contributed by atoms with Crippen molar-refractivity contribution < 1.29 is 5.48 Å². The van der Waals surface area contributed by atoms with E-state index in [1.165, 1.54) is 24.0 Å². The summed E-state index contributed by atoms with van der Waals surface area (Å²) in [5.74, 6) is 0. The molecule has 0 bridgehead atoms. The Morgan fingerprint density at radius 3 is 2.09 bits per heavy atom. The van der Waals surface area contributed by atoms with E-state index in [9.17, 15) is 0 Å². The lowest BCUT2D eigenvalue weighted by Crippen LogP contribution is -1.74. The largest absolute Gasteiger partial charge is 0.412 e. The minimum atomic E-state index is 0. The lowest BCUT2D eigenvalue weighted by atomic mass is 10.1. The van der Waals surface area contributed by atoms with Gasteiger partial charge < -0.3 is 5.48 Å².